The molecule has 5 heteroatoms. The van der Waals surface area contributed by atoms with E-state index in [2.05, 4.69) is 156 Å². The van der Waals surface area contributed by atoms with Crippen molar-refractivity contribution in [3.63, 3.8) is 0 Å². The third kappa shape index (κ3) is 4.32. The van der Waals surface area contributed by atoms with E-state index in [4.69, 9.17) is 14.4 Å². The van der Waals surface area contributed by atoms with Crippen LogP contribution in [0.3, 0.4) is 0 Å². The maximum absolute atomic E-state index is 6.55. The van der Waals surface area contributed by atoms with Gasteiger partial charge in [0.25, 0.3) is 0 Å². The molecule has 0 aliphatic carbocycles. The molecular weight excluding hydrogens is 643 g/mol. The second-order valence-corrected chi connectivity index (χ2v) is 14.0. The van der Waals surface area contributed by atoms with Crippen molar-refractivity contribution >= 4 is 75.4 Å². The molecule has 0 bridgehead atoms. The first-order valence-electron chi connectivity index (χ1n) is 17.1. The van der Waals surface area contributed by atoms with E-state index in [1.807, 2.05) is 12.1 Å². The highest BCUT2D eigenvalue weighted by Crippen LogP contribution is 2.44. The number of nitrogens with zero attached hydrogens (tertiary/aromatic N) is 3. The molecule has 4 heterocycles. The third-order valence-corrected chi connectivity index (χ3v) is 11.2. The fraction of sp³-hybridized carbons (Fsp3) is 0. The summed E-state index contributed by atoms with van der Waals surface area (Å²) in [5, 5.41) is 5.66. The fourth-order valence-corrected chi connectivity index (χ4v) is 8.81. The molecule has 0 radical (unpaired) electrons. The predicted molar refractivity (Wildman–Crippen MR) is 213 cm³/mol. The molecule has 0 aliphatic heterocycles. The number of hydrogen-bond donors (Lipinski definition) is 0. The van der Waals surface area contributed by atoms with Crippen molar-refractivity contribution in [3.05, 3.63) is 164 Å². The lowest BCUT2D eigenvalue weighted by Gasteiger charge is -2.09. The Bertz CT molecular complexity index is 3140. The molecule has 0 unspecified atom stereocenters. The van der Waals surface area contributed by atoms with E-state index in [9.17, 15) is 0 Å². The van der Waals surface area contributed by atoms with Gasteiger partial charge in [-0.05, 0) is 71.8 Å². The zero-order valence-corrected chi connectivity index (χ0v) is 28.1. The molecule has 238 valence electrons. The molecule has 0 amide bonds. The van der Waals surface area contributed by atoms with Crippen molar-refractivity contribution in [2.24, 2.45) is 0 Å². The number of rotatable bonds is 4. The van der Waals surface area contributed by atoms with Crippen LogP contribution in [0.1, 0.15) is 0 Å². The highest BCUT2D eigenvalue weighted by Gasteiger charge is 2.21. The Hall–Kier alpha value is -6.56. The van der Waals surface area contributed by atoms with Gasteiger partial charge in [0.15, 0.2) is 5.82 Å². The van der Waals surface area contributed by atoms with Gasteiger partial charge < -0.3 is 8.98 Å². The van der Waals surface area contributed by atoms with E-state index in [0.717, 1.165) is 76.5 Å². The zero-order chi connectivity index (χ0) is 33.5. The number of aromatic nitrogens is 3. The Labute approximate surface area is 296 Å². The largest absolute Gasteiger partial charge is 0.455 e. The number of thiophene rings is 1. The molecule has 0 N–H and O–H groups in total. The molecule has 0 atom stereocenters. The average molecular weight is 670 g/mol. The van der Waals surface area contributed by atoms with Crippen LogP contribution >= 0.6 is 11.3 Å². The number of para-hydroxylation sites is 3. The van der Waals surface area contributed by atoms with E-state index < -0.39 is 0 Å². The first-order chi connectivity index (χ1) is 25.3. The van der Waals surface area contributed by atoms with E-state index >= 15 is 0 Å². The summed E-state index contributed by atoms with van der Waals surface area (Å²) in [6, 6.07) is 57.7. The second-order valence-electron chi connectivity index (χ2n) is 13.0. The molecule has 11 aromatic rings. The molecule has 0 fully saturated rings. The lowest BCUT2D eigenvalue weighted by molar-refractivity contribution is 0.670. The number of hydrogen-bond acceptors (Lipinski definition) is 4. The summed E-state index contributed by atoms with van der Waals surface area (Å²) in [5.41, 5.74) is 11.3. The molecule has 0 spiro atoms. The smallest absolute Gasteiger partial charge is 0.160 e. The Morgan fingerprint density at radius 2 is 1.16 bits per heavy atom. The quantitative estimate of drug-likeness (QED) is 0.187. The van der Waals surface area contributed by atoms with Gasteiger partial charge in [0.1, 0.15) is 11.2 Å². The van der Waals surface area contributed by atoms with Crippen molar-refractivity contribution in [2.75, 3.05) is 0 Å². The minimum absolute atomic E-state index is 0.691. The van der Waals surface area contributed by atoms with Crippen LogP contribution in [0.25, 0.3) is 104 Å². The fourth-order valence-electron chi connectivity index (χ4n) is 7.66. The standard InChI is InChI=1S/C46H27N3OS/c1-3-12-28(13-4-1)29-22-24-38-36(26-29)37-27-30(23-25-39(37)49(38)31-14-5-2-6-15-31)46-47-42-34-17-8-10-21-41(34)51-45(42)43(48-46)35-19-11-18-33-32-16-7-9-20-40(32)50-44(33)35/h1-27H. The molecule has 4 aromatic heterocycles. The lowest BCUT2D eigenvalue weighted by Crippen LogP contribution is -1.95. The summed E-state index contributed by atoms with van der Waals surface area (Å²) in [7, 11) is 0. The summed E-state index contributed by atoms with van der Waals surface area (Å²) in [4.78, 5) is 10.7. The van der Waals surface area contributed by atoms with Gasteiger partial charge in [-0.1, -0.05) is 103 Å². The molecule has 4 nitrogen and oxygen atoms in total. The SMILES string of the molecule is c1ccc(-c2ccc3c(c2)c2cc(-c4nc(-c5cccc6c5oc5ccccc56)c5sc6ccccc6c5n4)ccc2n3-c2ccccc2)cc1. The first-order valence-corrected chi connectivity index (χ1v) is 17.9. The van der Waals surface area contributed by atoms with Gasteiger partial charge in [0.05, 0.1) is 26.9 Å². The Balaban J connectivity index is 1.20. The monoisotopic (exact) mass is 669 g/mol. The molecule has 7 aromatic carbocycles. The van der Waals surface area contributed by atoms with Crippen LogP contribution in [0.15, 0.2) is 168 Å². The van der Waals surface area contributed by atoms with Gasteiger partial charge in [-0.2, -0.15) is 0 Å². The molecule has 11 rings (SSSR count). The summed E-state index contributed by atoms with van der Waals surface area (Å²) >= 11 is 1.74. The van der Waals surface area contributed by atoms with Gasteiger partial charge in [0, 0.05) is 48.4 Å². The van der Waals surface area contributed by atoms with Gasteiger partial charge in [0.2, 0.25) is 0 Å². The summed E-state index contributed by atoms with van der Waals surface area (Å²) < 4.78 is 11.1. The van der Waals surface area contributed by atoms with Crippen LogP contribution in [0, 0.1) is 0 Å². The van der Waals surface area contributed by atoms with Gasteiger partial charge in [-0.15, -0.1) is 11.3 Å². The minimum atomic E-state index is 0.691. The van der Waals surface area contributed by atoms with E-state index in [0.29, 0.717) is 5.82 Å². The van der Waals surface area contributed by atoms with Gasteiger partial charge in [-0.25, -0.2) is 9.97 Å². The molecular formula is C46H27N3OS. The summed E-state index contributed by atoms with van der Waals surface area (Å²) in [6.07, 6.45) is 0. The Morgan fingerprint density at radius 3 is 1.98 bits per heavy atom. The lowest BCUT2D eigenvalue weighted by atomic mass is 10.0. The van der Waals surface area contributed by atoms with Crippen LogP contribution in [0.5, 0.6) is 0 Å². The number of furan rings is 1. The zero-order valence-electron chi connectivity index (χ0n) is 27.2. The van der Waals surface area contributed by atoms with Crippen LogP contribution < -0.4 is 0 Å². The number of fused-ring (bicyclic) bond motifs is 9. The van der Waals surface area contributed by atoms with Crippen LogP contribution in [-0.4, -0.2) is 14.5 Å². The van der Waals surface area contributed by atoms with Crippen LogP contribution in [-0.2, 0) is 0 Å². The summed E-state index contributed by atoms with van der Waals surface area (Å²) in [6.45, 7) is 0. The average Bonchev–Trinajstić information content (AvgIpc) is 3.87. The Morgan fingerprint density at radius 1 is 0.490 bits per heavy atom. The molecule has 51 heavy (non-hydrogen) atoms. The number of benzene rings is 7. The first kappa shape index (κ1) is 28.3. The van der Waals surface area contributed by atoms with Crippen molar-refractivity contribution in [1.29, 1.82) is 0 Å². The minimum Gasteiger partial charge on any atom is -0.455 e. The molecule has 0 saturated carbocycles. The maximum atomic E-state index is 6.55. The van der Waals surface area contributed by atoms with Crippen molar-refractivity contribution in [1.82, 2.24) is 14.5 Å². The highest BCUT2D eigenvalue weighted by molar-refractivity contribution is 7.26. The second kappa shape index (κ2) is 11.0. The van der Waals surface area contributed by atoms with E-state index in [1.54, 1.807) is 11.3 Å². The van der Waals surface area contributed by atoms with E-state index in [1.165, 1.54) is 21.2 Å². The highest BCUT2D eigenvalue weighted by atomic mass is 32.1. The molecule has 0 aliphatic rings. The summed E-state index contributed by atoms with van der Waals surface area (Å²) in [5.74, 6) is 0.691. The van der Waals surface area contributed by atoms with Gasteiger partial charge in [-0.3, -0.25) is 0 Å². The molecule has 0 saturated heterocycles. The van der Waals surface area contributed by atoms with Crippen LogP contribution in [0.4, 0.5) is 0 Å². The Kier molecular flexibility index (Phi) is 6.09. The van der Waals surface area contributed by atoms with Gasteiger partial charge >= 0.3 is 0 Å². The van der Waals surface area contributed by atoms with Crippen molar-refractivity contribution in [3.8, 4) is 39.5 Å². The normalized spacial score (nSPS) is 11.9. The topological polar surface area (TPSA) is 43.9 Å². The van der Waals surface area contributed by atoms with Crippen molar-refractivity contribution in [2.45, 2.75) is 0 Å². The van der Waals surface area contributed by atoms with Crippen molar-refractivity contribution < 1.29 is 4.42 Å². The van der Waals surface area contributed by atoms with E-state index in [-0.39, 0.29) is 0 Å². The maximum Gasteiger partial charge on any atom is 0.160 e. The third-order valence-electron chi connectivity index (χ3n) is 10.0. The van der Waals surface area contributed by atoms with Crippen LogP contribution in [0.2, 0.25) is 0 Å². The predicted octanol–water partition coefficient (Wildman–Crippen LogP) is 12.8.